The molecular weight excluding hydrogens is 395 g/mol. The first-order valence-corrected chi connectivity index (χ1v) is 15.4. The van der Waals surface area contributed by atoms with Gasteiger partial charge in [-0.3, -0.25) is 0 Å². The summed E-state index contributed by atoms with van der Waals surface area (Å²) >= 11 is -3.22. The van der Waals surface area contributed by atoms with Gasteiger partial charge in [0.15, 0.2) is 0 Å². The van der Waals surface area contributed by atoms with Gasteiger partial charge in [0.05, 0.1) is 0 Å². The maximum absolute atomic E-state index is 7.73. The summed E-state index contributed by atoms with van der Waals surface area (Å²) in [4.78, 5) is 0. The average Bonchev–Trinajstić information content (AvgIpc) is 2.40. The Balaban J connectivity index is 5.38. The van der Waals surface area contributed by atoms with E-state index in [0.29, 0.717) is 0 Å². The van der Waals surface area contributed by atoms with Crippen LogP contribution in [0.1, 0.15) is 67.2 Å². The minimum absolute atomic E-state index is 0.237. The van der Waals surface area contributed by atoms with Gasteiger partial charge in [-0.25, -0.2) is 0 Å². The van der Waals surface area contributed by atoms with Gasteiger partial charge in [0.2, 0.25) is 0 Å². The number of unbranched alkanes of at least 4 members (excludes halogenated alkanes) is 2. The molecule has 0 radical (unpaired) electrons. The molecule has 0 bridgehead atoms. The van der Waals surface area contributed by atoms with Gasteiger partial charge in [-0.2, -0.15) is 0 Å². The van der Waals surface area contributed by atoms with Crippen LogP contribution in [0.15, 0.2) is 23.7 Å². The minimum atomic E-state index is -3.22. The van der Waals surface area contributed by atoms with E-state index in [2.05, 4.69) is 33.8 Å². The second-order valence-corrected chi connectivity index (χ2v) is 15.9. The Kier molecular flexibility index (Phi) is 12.0. The Bertz CT molecular complexity index is 337. The number of allylic oxidation sites excluding steroid dienone is 3. The van der Waals surface area contributed by atoms with Crippen molar-refractivity contribution in [3.8, 4) is 0 Å². The van der Waals surface area contributed by atoms with Crippen LogP contribution in [-0.2, 0) is 6.15 Å². The van der Waals surface area contributed by atoms with Crippen LogP contribution in [0.3, 0.4) is 0 Å². The van der Waals surface area contributed by atoms with Crippen LogP contribution >= 0.6 is 0 Å². The molecule has 0 aromatic rings. The molecule has 0 aromatic heterocycles. The average molecular weight is 433 g/mol. The van der Waals surface area contributed by atoms with E-state index in [1.54, 1.807) is 0 Å². The van der Waals surface area contributed by atoms with Crippen LogP contribution in [0.5, 0.6) is 0 Å². The summed E-state index contributed by atoms with van der Waals surface area (Å²) < 4.78 is 15.1. The molecule has 4 heteroatoms. The van der Waals surface area contributed by atoms with Crippen molar-refractivity contribution in [1.82, 2.24) is 0 Å². The summed E-state index contributed by atoms with van der Waals surface area (Å²) in [6.07, 6.45) is 8.34. The van der Waals surface area contributed by atoms with E-state index in [1.165, 1.54) is 0 Å². The zero-order chi connectivity index (χ0) is 17.9. The summed E-state index contributed by atoms with van der Waals surface area (Å²) in [6.45, 7) is 16.4. The van der Waals surface area contributed by atoms with E-state index in [4.69, 9.17) is 11.3 Å². The van der Waals surface area contributed by atoms with Crippen LogP contribution < -0.4 is 0 Å². The van der Waals surface area contributed by atoms with Crippen molar-refractivity contribution in [1.29, 1.82) is 0 Å². The monoisotopic (exact) mass is 434 g/mol. The second kappa shape index (κ2) is 12.1. The van der Waals surface area contributed by atoms with Gasteiger partial charge in [-0.1, -0.05) is 0 Å². The molecule has 0 saturated carbocycles. The molecule has 23 heavy (non-hydrogen) atoms. The van der Waals surface area contributed by atoms with Crippen molar-refractivity contribution in [2.45, 2.75) is 82.2 Å². The molecule has 0 fully saturated rings. The molecule has 0 spiro atoms. The molecule has 0 aliphatic carbocycles. The van der Waals surface area contributed by atoms with Gasteiger partial charge in [0, 0.05) is 0 Å². The topological polar surface area (TPSA) is 41.4 Å². The predicted molar refractivity (Wildman–Crippen MR) is 102 cm³/mol. The van der Waals surface area contributed by atoms with Gasteiger partial charge in [-0.05, 0) is 0 Å². The Labute approximate surface area is 149 Å². The Morgan fingerprint density at radius 1 is 1.00 bits per heavy atom. The number of rotatable bonds is 12. The van der Waals surface area contributed by atoms with Gasteiger partial charge < -0.3 is 0 Å². The summed E-state index contributed by atoms with van der Waals surface area (Å²) in [5, 5.41) is 7.73. The third kappa shape index (κ3) is 11.0. The van der Waals surface area contributed by atoms with E-state index >= 15 is 0 Å². The molecule has 0 saturated heterocycles. The van der Waals surface area contributed by atoms with E-state index in [0.717, 1.165) is 46.1 Å². The van der Waals surface area contributed by atoms with E-state index in [9.17, 15) is 0 Å². The number of hydrogen-bond donors (Lipinski definition) is 0. The molecule has 134 valence electrons. The molecule has 2 atom stereocenters. The molecule has 3 nitrogen and oxygen atoms in total. The molecule has 0 amide bonds. The predicted octanol–water partition coefficient (Wildman–Crippen LogP) is 5.45. The second-order valence-electron chi connectivity index (χ2n) is 6.64. The van der Waals surface area contributed by atoms with E-state index < -0.39 is 19.2 Å². The standard InChI is InChI=1S/C6H10O.C5H10O2.2C4H9.Sn/c1-5(2)4-6(3)7;1-4(6)3-5(2)7;2*1-3-4-2;/h4-5H,1H2,2-3H3;3-4,6-7H,1-2H3;2*1,3-4H2,2H3;/q;;;;+2. The van der Waals surface area contributed by atoms with Gasteiger partial charge in [0.25, 0.3) is 0 Å². The fourth-order valence-corrected chi connectivity index (χ4v) is 13.5. The van der Waals surface area contributed by atoms with Crippen LogP contribution in [-0.4, -0.2) is 30.4 Å². The van der Waals surface area contributed by atoms with E-state index in [-0.39, 0.29) is 12.0 Å². The van der Waals surface area contributed by atoms with Crippen LogP contribution in [0.4, 0.5) is 0 Å². The molecule has 2 N–H and O–H groups in total. The summed E-state index contributed by atoms with van der Waals surface area (Å²) in [5.41, 5.74) is 0. The first kappa shape index (κ1) is 22.7. The fraction of sp³-hybridized carbons (Fsp3) is 0.737. The normalized spacial score (nSPS) is 16.1. The van der Waals surface area contributed by atoms with Crippen molar-refractivity contribution in [3.63, 3.8) is 0 Å². The van der Waals surface area contributed by atoms with Crippen LogP contribution in [0.25, 0.3) is 0 Å². The SMILES string of the molecule is [CH2+]C(C)C=C(C)[O][Sn]([CH2]CCC)([CH2]CCC)[O]C(C)=CC(C)[OH2+]. The van der Waals surface area contributed by atoms with Crippen LogP contribution in [0, 0.1) is 12.8 Å². The van der Waals surface area contributed by atoms with Crippen molar-refractivity contribution >= 4 is 19.2 Å². The third-order valence-electron chi connectivity index (χ3n) is 3.52. The Morgan fingerprint density at radius 2 is 1.43 bits per heavy atom. The zero-order valence-electron chi connectivity index (χ0n) is 16.1. The van der Waals surface area contributed by atoms with Crippen molar-refractivity contribution in [2.24, 2.45) is 5.92 Å². The summed E-state index contributed by atoms with van der Waals surface area (Å²) in [6, 6.07) is 0. The summed E-state index contributed by atoms with van der Waals surface area (Å²) in [7, 11) is 0. The van der Waals surface area contributed by atoms with Crippen molar-refractivity contribution < 1.29 is 11.3 Å². The quantitative estimate of drug-likeness (QED) is 0.178. The third-order valence-corrected chi connectivity index (χ3v) is 13.8. The fourth-order valence-electron chi connectivity index (χ4n) is 2.65. The molecule has 0 aliphatic heterocycles. The first-order valence-electron chi connectivity index (χ1n) is 9.03. The summed E-state index contributed by atoms with van der Waals surface area (Å²) in [5.74, 6) is 2.06. The number of hydrogen-bond acceptors (Lipinski definition) is 2. The molecular formula is C19H38O3Sn+2. The van der Waals surface area contributed by atoms with Crippen molar-refractivity contribution in [2.75, 3.05) is 0 Å². The zero-order valence-corrected chi connectivity index (χ0v) is 18.9. The Morgan fingerprint density at radius 3 is 1.78 bits per heavy atom. The maximum atomic E-state index is 7.73. The Hall–Kier alpha value is -0.291. The molecule has 2 unspecified atom stereocenters. The molecule has 0 heterocycles. The van der Waals surface area contributed by atoms with Crippen molar-refractivity contribution in [3.05, 3.63) is 30.6 Å². The first-order chi connectivity index (χ1) is 10.7. The molecule has 0 aromatic carbocycles. The van der Waals surface area contributed by atoms with Gasteiger partial charge in [0.1, 0.15) is 0 Å². The van der Waals surface area contributed by atoms with Gasteiger partial charge in [-0.15, -0.1) is 0 Å². The molecule has 0 aliphatic rings. The van der Waals surface area contributed by atoms with Crippen LogP contribution in [0.2, 0.25) is 8.87 Å². The van der Waals surface area contributed by atoms with E-state index in [1.807, 2.05) is 26.8 Å². The molecule has 0 rings (SSSR count). The van der Waals surface area contributed by atoms with Gasteiger partial charge >= 0.3 is 149 Å².